The van der Waals surface area contributed by atoms with Gasteiger partial charge >= 0.3 is 0 Å². The largest absolute Gasteiger partial charge is 0.506 e. The average molecular weight is 365 g/mol. The van der Waals surface area contributed by atoms with E-state index in [1.807, 2.05) is 18.2 Å². The second kappa shape index (κ2) is 8.19. The van der Waals surface area contributed by atoms with Crippen molar-refractivity contribution in [2.24, 2.45) is 4.99 Å². The fourth-order valence-electron chi connectivity index (χ4n) is 3.26. The van der Waals surface area contributed by atoms with E-state index in [2.05, 4.69) is 22.0 Å². The number of phenolic OH excluding ortho intramolecular Hbond substituents is 1. The first-order valence-corrected chi connectivity index (χ1v) is 10.1. The fraction of sp³-hybridized carbons (Fsp3) is 0.611. The highest BCUT2D eigenvalue weighted by molar-refractivity contribution is 7.99. The van der Waals surface area contributed by atoms with E-state index in [1.165, 1.54) is 0 Å². The topological polar surface area (TPSA) is 71.3 Å². The van der Waals surface area contributed by atoms with Crippen molar-refractivity contribution < 1.29 is 10.2 Å². The molecule has 2 fully saturated rings. The standard InChI is InChI=1S/C18H28N4O2S/c1-2-19-17(20-13-18(24)7-12-25-14-18)22-10-8-21(9-11-22)15-5-3-4-6-16(15)23/h3-6,23-24H,2,7-14H2,1H3,(H,19,20). The van der Waals surface area contributed by atoms with Gasteiger partial charge in [-0.05, 0) is 31.2 Å². The van der Waals surface area contributed by atoms with E-state index >= 15 is 0 Å². The number of guanidine groups is 1. The van der Waals surface area contributed by atoms with Crippen LogP contribution in [0.25, 0.3) is 0 Å². The molecule has 3 N–H and O–H groups in total. The summed E-state index contributed by atoms with van der Waals surface area (Å²) in [6.07, 6.45) is 0.821. The van der Waals surface area contributed by atoms with E-state index < -0.39 is 5.60 Å². The van der Waals surface area contributed by atoms with E-state index in [0.29, 0.717) is 12.3 Å². The highest BCUT2D eigenvalue weighted by Crippen LogP contribution is 2.29. The van der Waals surface area contributed by atoms with Gasteiger partial charge < -0.3 is 25.3 Å². The van der Waals surface area contributed by atoms with Crippen LogP contribution in [-0.2, 0) is 0 Å². The Hall–Kier alpha value is -1.60. The van der Waals surface area contributed by atoms with Crippen LogP contribution in [0.15, 0.2) is 29.3 Å². The first-order valence-electron chi connectivity index (χ1n) is 8.98. The van der Waals surface area contributed by atoms with Gasteiger partial charge in [0.25, 0.3) is 0 Å². The summed E-state index contributed by atoms with van der Waals surface area (Å²) in [5.74, 6) is 3.00. The zero-order valence-electron chi connectivity index (χ0n) is 14.8. The molecule has 0 aromatic heterocycles. The molecule has 138 valence electrons. The number of rotatable bonds is 4. The van der Waals surface area contributed by atoms with Crippen molar-refractivity contribution in [1.29, 1.82) is 0 Å². The summed E-state index contributed by atoms with van der Waals surface area (Å²) >= 11 is 1.80. The fourth-order valence-corrected chi connectivity index (χ4v) is 4.54. The van der Waals surface area contributed by atoms with Crippen LogP contribution in [0.2, 0.25) is 0 Å². The summed E-state index contributed by atoms with van der Waals surface area (Å²) in [5.41, 5.74) is 0.240. The molecule has 0 amide bonds. The molecular weight excluding hydrogens is 336 g/mol. The number of aromatic hydroxyl groups is 1. The smallest absolute Gasteiger partial charge is 0.194 e. The second-order valence-electron chi connectivity index (χ2n) is 6.66. The molecule has 0 spiro atoms. The number of piperazine rings is 1. The third-order valence-electron chi connectivity index (χ3n) is 4.74. The van der Waals surface area contributed by atoms with Crippen LogP contribution in [0.3, 0.4) is 0 Å². The van der Waals surface area contributed by atoms with E-state index in [0.717, 1.165) is 62.3 Å². The molecule has 2 heterocycles. The Bertz CT molecular complexity index is 596. The number of thioether (sulfide) groups is 1. The van der Waals surface area contributed by atoms with Crippen LogP contribution in [0.4, 0.5) is 5.69 Å². The first-order chi connectivity index (χ1) is 12.1. The lowest BCUT2D eigenvalue weighted by molar-refractivity contribution is 0.0775. The summed E-state index contributed by atoms with van der Waals surface area (Å²) < 4.78 is 0. The van der Waals surface area contributed by atoms with E-state index in [-0.39, 0.29) is 0 Å². The molecule has 2 aliphatic heterocycles. The molecule has 2 aliphatic rings. The molecule has 0 aliphatic carbocycles. The highest BCUT2D eigenvalue weighted by Gasteiger charge is 2.32. The number of aliphatic hydroxyl groups is 1. The van der Waals surface area contributed by atoms with Gasteiger partial charge in [-0.15, -0.1) is 0 Å². The van der Waals surface area contributed by atoms with Gasteiger partial charge in [0.2, 0.25) is 0 Å². The van der Waals surface area contributed by atoms with Gasteiger partial charge in [-0.1, -0.05) is 12.1 Å². The molecule has 25 heavy (non-hydrogen) atoms. The molecule has 6 nitrogen and oxygen atoms in total. The molecule has 2 saturated heterocycles. The van der Waals surface area contributed by atoms with Crippen LogP contribution in [-0.4, -0.2) is 77.4 Å². The first kappa shape index (κ1) is 18.2. The Morgan fingerprint density at radius 2 is 2.04 bits per heavy atom. The van der Waals surface area contributed by atoms with Crippen LogP contribution in [0.5, 0.6) is 5.75 Å². The number of para-hydroxylation sites is 2. The van der Waals surface area contributed by atoms with Gasteiger partial charge in [-0.2, -0.15) is 11.8 Å². The minimum atomic E-state index is -0.650. The molecule has 7 heteroatoms. The Balaban J connectivity index is 1.61. The maximum atomic E-state index is 10.5. The number of nitrogens with zero attached hydrogens (tertiary/aromatic N) is 3. The van der Waals surface area contributed by atoms with Crippen molar-refractivity contribution in [3.8, 4) is 5.75 Å². The summed E-state index contributed by atoms with van der Waals surface area (Å²) in [7, 11) is 0. The Labute approximate surface area is 153 Å². The molecule has 1 aromatic carbocycles. The molecule has 3 rings (SSSR count). The van der Waals surface area contributed by atoms with Gasteiger partial charge in [0, 0.05) is 38.5 Å². The summed E-state index contributed by atoms with van der Waals surface area (Å²) in [5, 5.41) is 23.9. The third kappa shape index (κ3) is 4.52. The summed E-state index contributed by atoms with van der Waals surface area (Å²) in [4.78, 5) is 9.15. The van der Waals surface area contributed by atoms with Crippen molar-refractivity contribution in [2.75, 3.05) is 55.7 Å². The summed E-state index contributed by atoms with van der Waals surface area (Å²) in [6, 6.07) is 7.48. The number of hydrogen-bond acceptors (Lipinski definition) is 5. The van der Waals surface area contributed by atoms with Crippen LogP contribution in [0, 0.1) is 0 Å². The van der Waals surface area contributed by atoms with Crippen molar-refractivity contribution in [3.05, 3.63) is 24.3 Å². The minimum absolute atomic E-state index is 0.331. The van der Waals surface area contributed by atoms with Crippen LogP contribution >= 0.6 is 11.8 Å². The number of nitrogens with one attached hydrogen (secondary N) is 1. The van der Waals surface area contributed by atoms with Crippen molar-refractivity contribution in [1.82, 2.24) is 10.2 Å². The molecule has 1 aromatic rings. The normalized spacial score (nSPS) is 24.6. The Kier molecular flexibility index (Phi) is 5.96. The number of phenols is 1. The number of anilines is 1. The highest BCUT2D eigenvalue weighted by atomic mass is 32.2. The van der Waals surface area contributed by atoms with Crippen molar-refractivity contribution in [2.45, 2.75) is 18.9 Å². The second-order valence-corrected chi connectivity index (χ2v) is 7.77. The number of benzene rings is 1. The number of hydrogen-bond donors (Lipinski definition) is 3. The maximum Gasteiger partial charge on any atom is 0.194 e. The zero-order valence-corrected chi connectivity index (χ0v) is 15.6. The van der Waals surface area contributed by atoms with Gasteiger partial charge in [0.1, 0.15) is 5.75 Å². The van der Waals surface area contributed by atoms with Crippen molar-refractivity contribution in [3.63, 3.8) is 0 Å². The lowest BCUT2D eigenvalue weighted by Crippen LogP contribution is -2.53. The van der Waals surface area contributed by atoms with Crippen molar-refractivity contribution >= 4 is 23.4 Å². The maximum absolute atomic E-state index is 10.5. The van der Waals surface area contributed by atoms with Gasteiger partial charge in [0.05, 0.1) is 17.8 Å². The lowest BCUT2D eigenvalue weighted by Gasteiger charge is -2.38. The minimum Gasteiger partial charge on any atom is -0.506 e. The lowest BCUT2D eigenvalue weighted by atomic mass is 10.0. The molecule has 0 radical (unpaired) electrons. The van der Waals surface area contributed by atoms with Gasteiger partial charge in [-0.25, -0.2) is 0 Å². The van der Waals surface area contributed by atoms with E-state index in [1.54, 1.807) is 17.8 Å². The quantitative estimate of drug-likeness (QED) is 0.553. The Morgan fingerprint density at radius 1 is 1.28 bits per heavy atom. The predicted octanol–water partition coefficient (Wildman–Crippen LogP) is 1.35. The monoisotopic (exact) mass is 364 g/mol. The molecule has 1 unspecified atom stereocenters. The SMILES string of the molecule is CCNC(=NCC1(O)CCSC1)N1CCN(c2ccccc2O)CC1. The molecule has 1 atom stereocenters. The van der Waals surface area contributed by atoms with Gasteiger partial charge in [-0.3, -0.25) is 4.99 Å². The van der Waals surface area contributed by atoms with Crippen LogP contribution in [0.1, 0.15) is 13.3 Å². The van der Waals surface area contributed by atoms with Gasteiger partial charge in [0.15, 0.2) is 5.96 Å². The number of aliphatic imine (C=N–C) groups is 1. The zero-order chi connectivity index (χ0) is 17.7. The molecular formula is C18H28N4O2S. The average Bonchev–Trinajstić information content (AvgIpc) is 3.06. The van der Waals surface area contributed by atoms with E-state index in [4.69, 9.17) is 4.99 Å². The third-order valence-corrected chi connectivity index (χ3v) is 5.98. The van der Waals surface area contributed by atoms with E-state index in [9.17, 15) is 10.2 Å². The predicted molar refractivity (Wildman–Crippen MR) is 105 cm³/mol. The molecule has 0 bridgehead atoms. The summed E-state index contributed by atoms with van der Waals surface area (Å²) in [6.45, 7) is 6.69. The van der Waals surface area contributed by atoms with Crippen LogP contribution < -0.4 is 10.2 Å². The molecule has 0 saturated carbocycles. The Morgan fingerprint density at radius 3 is 2.68 bits per heavy atom.